The summed E-state index contributed by atoms with van der Waals surface area (Å²) in [5, 5.41) is 4.68. The molecule has 7 nitrogen and oxygen atoms in total. The first-order chi connectivity index (χ1) is 14.0. The summed E-state index contributed by atoms with van der Waals surface area (Å²) < 4.78 is 5.15. The lowest BCUT2D eigenvalue weighted by molar-refractivity contribution is -0.122. The van der Waals surface area contributed by atoms with Crippen molar-refractivity contribution in [2.75, 3.05) is 13.1 Å². The second-order valence-corrected chi connectivity index (χ2v) is 8.06. The van der Waals surface area contributed by atoms with Crippen molar-refractivity contribution in [3.8, 4) is 0 Å². The summed E-state index contributed by atoms with van der Waals surface area (Å²) in [6.07, 6.45) is 1.68. The molecule has 1 aliphatic heterocycles. The van der Waals surface area contributed by atoms with Crippen LogP contribution < -0.4 is 10.9 Å². The molecule has 0 saturated carbocycles. The number of benzene rings is 1. The molecule has 1 aliphatic rings. The van der Waals surface area contributed by atoms with Gasteiger partial charge in [-0.15, -0.1) is 11.3 Å². The molecule has 0 aliphatic carbocycles. The van der Waals surface area contributed by atoms with Crippen LogP contribution in [0, 0.1) is 0 Å². The van der Waals surface area contributed by atoms with E-state index < -0.39 is 22.7 Å². The minimum Gasteiger partial charge on any atom is -0.422 e. The van der Waals surface area contributed by atoms with Gasteiger partial charge in [-0.05, 0) is 41.4 Å². The fraction of sp³-hybridized carbons (Fsp3) is 0.100. The Morgan fingerprint density at radius 1 is 1.14 bits per heavy atom. The quantitative estimate of drug-likeness (QED) is 0.497. The van der Waals surface area contributed by atoms with Crippen molar-refractivity contribution in [2.45, 2.75) is 0 Å². The van der Waals surface area contributed by atoms with Crippen LogP contribution in [0.3, 0.4) is 0 Å². The van der Waals surface area contributed by atoms with Gasteiger partial charge in [-0.3, -0.25) is 19.3 Å². The number of thioether (sulfide) groups is 1. The van der Waals surface area contributed by atoms with Crippen LogP contribution >= 0.6 is 23.1 Å². The zero-order chi connectivity index (χ0) is 20.4. The topological polar surface area (TPSA) is 96.7 Å². The van der Waals surface area contributed by atoms with Crippen molar-refractivity contribution in [2.24, 2.45) is 0 Å². The van der Waals surface area contributed by atoms with E-state index in [1.165, 1.54) is 17.4 Å². The highest BCUT2D eigenvalue weighted by atomic mass is 32.2. The predicted octanol–water partition coefficient (Wildman–Crippen LogP) is 3.32. The zero-order valence-electron chi connectivity index (χ0n) is 14.9. The summed E-state index contributed by atoms with van der Waals surface area (Å²) >= 11 is 2.34. The number of hydrogen-bond acceptors (Lipinski definition) is 7. The molecule has 4 rings (SSSR count). The van der Waals surface area contributed by atoms with Gasteiger partial charge in [-0.25, -0.2) is 4.79 Å². The van der Waals surface area contributed by atoms with E-state index in [-0.39, 0.29) is 18.7 Å². The van der Waals surface area contributed by atoms with Gasteiger partial charge < -0.3 is 9.73 Å². The molecular formula is C20H14N2O5S2. The Balaban J connectivity index is 1.40. The highest BCUT2D eigenvalue weighted by Crippen LogP contribution is 2.32. The Kier molecular flexibility index (Phi) is 5.32. The Morgan fingerprint density at radius 2 is 1.97 bits per heavy atom. The van der Waals surface area contributed by atoms with Gasteiger partial charge in [-0.1, -0.05) is 24.3 Å². The van der Waals surface area contributed by atoms with Gasteiger partial charge >= 0.3 is 5.63 Å². The molecule has 3 amide bonds. The molecule has 146 valence electrons. The Hall–Kier alpha value is -3.17. The van der Waals surface area contributed by atoms with Crippen molar-refractivity contribution in [3.63, 3.8) is 0 Å². The average Bonchev–Trinajstić information content (AvgIpc) is 3.31. The van der Waals surface area contributed by atoms with Crippen molar-refractivity contribution in [1.29, 1.82) is 0 Å². The van der Waals surface area contributed by atoms with Gasteiger partial charge in [0.05, 0.1) is 4.91 Å². The van der Waals surface area contributed by atoms with E-state index in [1.54, 1.807) is 30.3 Å². The summed E-state index contributed by atoms with van der Waals surface area (Å²) in [6, 6.07) is 12.0. The third-order valence-electron chi connectivity index (χ3n) is 4.20. The van der Waals surface area contributed by atoms with Crippen LogP contribution in [0.25, 0.3) is 17.0 Å². The second-order valence-electron chi connectivity index (χ2n) is 6.09. The number of para-hydroxylation sites is 1. The number of imide groups is 1. The van der Waals surface area contributed by atoms with Gasteiger partial charge in [0.25, 0.3) is 17.1 Å². The van der Waals surface area contributed by atoms with E-state index in [9.17, 15) is 19.2 Å². The van der Waals surface area contributed by atoms with Gasteiger partial charge in [0.1, 0.15) is 11.1 Å². The SMILES string of the molecule is O=C(NCCN1C(=O)S/C(=C/c2cccs2)C1=O)c1cc2ccccc2oc1=O. The van der Waals surface area contributed by atoms with Crippen LogP contribution in [-0.2, 0) is 4.79 Å². The third kappa shape index (κ3) is 4.01. The lowest BCUT2D eigenvalue weighted by atomic mass is 10.2. The summed E-state index contributed by atoms with van der Waals surface area (Å²) in [7, 11) is 0. The molecule has 0 spiro atoms. The number of nitrogens with zero attached hydrogens (tertiary/aromatic N) is 1. The number of carbonyl (C=O) groups excluding carboxylic acids is 3. The molecule has 9 heteroatoms. The van der Waals surface area contributed by atoms with Crippen LogP contribution in [0.1, 0.15) is 15.2 Å². The third-order valence-corrected chi connectivity index (χ3v) is 5.92. The molecule has 0 bridgehead atoms. The van der Waals surface area contributed by atoms with Gasteiger partial charge in [0.2, 0.25) is 0 Å². The van der Waals surface area contributed by atoms with Crippen LogP contribution in [0.2, 0.25) is 0 Å². The van der Waals surface area contributed by atoms with Crippen LogP contribution in [0.5, 0.6) is 0 Å². The number of carbonyl (C=O) groups is 3. The minimum atomic E-state index is -0.744. The maximum atomic E-state index is 12.4. The number of thiophene rings is 1. The summed E-state index contributed by atoms with van der Waals surface area (Å²) in [6.45, 7) is 0.0342. The van der Waals surface area contributed by atoms with E-state index in [0.717, 1.165) is 21.5 Å². The fourth-order valence-electron chi connectivity index (χ4n) is 2.79. The molecule has 0 atom stereocenters. The molecule has 29 heavy (non-hydrogen) atoms. The minimum absolute atomic E-state index is 0.0110. The highest BCUT2D eigenvalue weighted by molar-refractivity contribution is 8.18. The first-order valence-corrected chi connectivity index (χ1v) is 10.3. The number of hydrogen-bond donors (Lipinski definition) is 1. The van der Waals surface area contributed by atoms with E-state index in [4.69, 9.17) is 4.42 Å². The molecule has 3 heterocycles. The Labute approximate surface area is 173 Å². The van der Waals surface area contributed by atoms with E-state index in [0.29, 0.717) is 15.9 Å². The van der Waals surface area contributed by atoms with Gasteiger partial charge in [0, 0.05) is 23.4 Å². The number of nitrogens with one attached hydrogen (secondary N) is 1. The van der Waals surface area contributed by atoms with Crippen LogP contribution in [0.15, 0.2) is 62.0 Å². The fourth-order valence-corrected chi connectivity index (χ4v) is 4.38. The lowest BCUT2D eigenvalue weighted by Gasteiger charge is -2.12. The molecule has 2 aromatic heterocycles. The van der Waals surface area contributed by atoms with Gasteiger partial charge in [0.15, 0.2) is 0 Å². The van der Waals surface area contributed by atoms with E-state index in [2.05, 4.69) is 5.32 Å². The molecule has 1 N–H and O–H groups in total. The molecule has 3 aromatic rings. The standard InChI is InChI=1S/C20H14N2O5S2/c23-17(14-10-12-4-1-2-6-15(12)27-19(14)25)21-7-8-22-18(24)16(29-20(22)26)11-13-5-3-9-28-13/h1-6,9-11H,7-8H2,(H,21,23)/b16-11+. The van der Waals surface area contributed by atoms with Crippen LogP contribution in [-0.4, -0.2) is 35.0 Å². The van der Waals surface area contributed by atoms with Crippen molar-refractivity contribution >= 4 is 57.2 Å². The monoisotopic (exact) mass is 426 g/mol. The smallest absolute Gasteiger partial charge is 0.349 e. The second kappa shape index (κ2) is 8.06. The van der Waals surface area contributed by atoms with E-state index >= 15 is 0 Å². The molecule has 0 unspecified atom stereocenters. The van der Waals surface area contributed by atoms with Crippen molar-refractivity contribution in [1.82, 2.24) is 10.2 Å². The Bertz CT molecular complexity index is 1200. The average molecular weight is 426 g/mol. The zero-order valence-corrected chi connectivity index (χ0v) is 16.5. The van der Waals surface area contributed by atoms with Crippen molar-refractivity contribution in [3.05, 3.63) is 73.6 Å². The van der Waals surface area contributed by atoms with E-state index in [1.807, 2.05) is 17.5 Å². The molecule has 1 saturated heterocycles. The first-order valence-electron chi connectivity index (χ1n) is 8.63. The van der Waals surface area contributed by atoms with Crippen molar-refractivity contribution < 1.29 is 18.8 Å². The lowest BCUT2D eigenvalue weighted by Crippen LogP contribution is -2.38. The maximum Gasteiger partial charge on any atom is 0.349 e. The summed E-state index contributed by atoms with van der Waals surface area (Å²) in [5.41, 5.74) is -0.480. The van der Waals surface area contributed by atoms with Gasteiger partial charge in [-0.2, -0.15) is 0 Å². The molecule has 1 aromatic carbocycles. The highest BCUT2D eigenvalue weighted by Gasteiger charge is 2.34. The molecular weight excluding hydrogens is 412 g/mol. The summed E-state index contributed by atoms with van der Waals surface area (Å²) in [5.74, 6) is -1.02. The Morgan fingerprint density at radius 3 is 2.76 bits per heavy atom. The molecule has 1 fully saturated rings. The van der Waals surface area contributed by atoms with Crippen LogP contribution in [0.4, 0.5) is 4.79 Å². The number of rotatable bonds is 5. The summed E-state index contributed by atoms with van der Waals surface area (Å²) in [4.78, 5) is 51.2. The maximum absolute atomic E-state index is 12.4. The number of fused-ring (bicyclic) bond motifs is 1. The number of amides is 3. The normalized spacial score (nSPS) is 15.4. The molecule has 0 radical (unpaired) electrons. The first kappa shape index (κ1) is 19.2. The largest absolute Gasteiger partial charge is 0.422 e. The predicted molar refractivity (Wildman–Crippen MR) is 112 cm³/mol.